The molecule has 1 aliphatic heterocycles. The summed E-state index contributed by atoms with van der Waals surface area (Å²) in [5, 5.41) is 8.89. The smallest absolute Gasteiger partial charge is 0.410 e. The number of carboxylic acid groups (broad SMARTS) is 1. The molecule has 1 saturated heterocycles. The number of likely N-dealkylation sites (tertiary alicyclic amines) is 1. The molecule has 1 heterocycles. The van der Waals surface area contributed by atoms with Gasteiger partial charge in [-0.2, -0.15) is 0 Å². The van der Waals surface area contributed by atoms with E-state index < -0.39 is 11.6 Å². The van der Waals surface area contributed by atoms with Crippen molar-refractivity contribution in [2.24, 2.45) is 0 Å². The second-order valence-corrected chi connectivity index (χ2v) is 6.83. The predicted molar refractivity (Wildman–Crippen MR) is 80.3 cm³/mol. The highest BCUT2D eigenvalue weighted by Gasteiger charge is 2.31. The van der Waals surface area contributed by atoms with Crippen molar-refractivity contribution in [2.45, 2.75) is 64.6 Å². The average Bonchev–Trinajstić information content (AvgIpc) is 2.35. The minimum Gasteiger partial charge on any atom is -0.481 e. The summed E-state index contributed by atoms with van der Waals surface area (Å²) in [6, 6.07) is 0.0576. The Morgan fingerprint density at radius 3 is 2.57 bits per heavy atom. The van der Waals surface area contributed by atoms with Crippen molar-refractivity contribution in [2.75, 3.05) is 20.1 Å². The van der Waals surface area contributed by atoms with E-state index in [-0.39, 0.29) is 24.6 Å². The number of ether oxygens (including phenoxy) is 1. The zero-order valence-electron chi connectivity index (χ0n) is 13.8. The van der Waals surface area contributed by atoms with E-state index in [1.807, 2.05) is 27.7 Å². The normalized spacial score (nSPS) is 21.7. The number of amides is 1. The summed E-state index contributed by atoms with van der Waals surface area (Å²) in [5.74, 6) is -0.787. The standard InChI is InChI=1S/C15H28N2O4/c1-11(9-13(18)19)17-8-6-7-12(10-17)16(5)14(20)21-15(2,3)4/h11-12H,6-10H2,1-5H3,(H,18,19). The van der Waals surface area contributed by atoms with Crippen molar-refractivity contribution in [3.63, 3.8) is 0 Å². The lowest BCUT2D eigenvalue weighted by atomic mass is 10.0. The highest BCUT2D eigenvalue weighted by Crippen LogP contribution is 2.20. The van der Waals surface area contributed by atoms with E-state index >= 15 is 0 Å². The summed E-state index contributed by atoms with van der Waals surface area (Å²) in [5.41, 5.74) is -0.504. The monoisotopic (exact) mass is 300 g/mol. The van der Waals surface area contributed by atoms with Crippen LogP contribution in [0, 0.1) is 0 Å². The molecule has 1 rings (SSSR count). The van der Waals surface area contributed by atoms with Gasteiger partial charge in [0.25, 0.3) is 0 Å². The zero-order valence-corrected chi connectivity index (χ0v) is 13.8. The average molecular weight is 300 g/mol. The molecule has 0 radical (unpaired) electrons. The lowest BCUT2D eigenvalue weighted by molar-refractivity contribution is -0.138. The van der Waals surface area contributed by atoms with E-state index in [1.165, 1.54) is 0 Å². The molecule has 21 heavy (non-hydrogen) atoms. The van der Waals surface area contributed by atoms with E-state index in [0.29, 0.717) is 6.54 Å². The number of rotatable bonds is 4. The Morgan fingerprint density at radius 1 is 1.43 bits per heavy atom. The topological polar surface area (TPSA) is 70.1 Å². The summed E-state index contributed by atoms with van der Waals surface area (Å²) in [6.07, 6.45) is 1.69. The molecule has 2 atom stereocenters. The third-order valence-electron chi connectivity index (χ3n) is 3.75. The summed E-state index contributed by atoms with van der Waals surface area (Å²) in [6.45, 7) is 9.05. The van der Waals surface area contributed by atoms with Crippen LogP contribution in [0.4, 0.5) is 4.79 Å². The fraction of sp³-hybridized carbons (Fsp3) is 0.867. The molecular weight excluding hydrogens is 272 g/mol. The first-order chi connectivity index (χ1) is 9.60. The summed E-state index contributed by atoms with van der Waals surface area (Å²) < 4.78 is 5.39. The minimum absolute atomic E-state index is 0.0164. The number of nitrogens with zero attached hydrogens (tertiary/aromatic N) is 2. The Hall–Kier alpha value is -1.30. The van der Waals surface area contributed by atoms with Crippen LogP contribution in [-0.2, 0) is 9.53 Å². The lowest BCUT2D eigenvalue weighted by Crippen LogP contribution is -2.52. The van der Waals surface area contributed by atoms with Gasteiger partial charge in [-0.1, -0.05) is 0 Å². The van der Waals surface area contributed by atoms with Gasteiger partial charge in [0.05, 0.1) is 6.42 Å². The van der Waals surface area contributed by atoms with Gasteiger partial charge in [0.15, 0.2) is 0 Å². The van der Waals surface area contributed by atoms with Crippen LogP contribution in [0.15, 0.2) is 0 Å². The molecule has 0 aliphatic carbocycles. The molecule has 1 N–H and O–H groups in total. The number of carbonyl (C=O) groups is 2. The Morgan fingerprint density at radius 2 is 2.05 bits per heavy atom. The molecule has 0 aromatic carbocycles. The van der Waals surface area contributed by atoms with Gasteiger partial charge in [-0.3, -0.25) is 9.69 Å². The third-order valence-corrected chi connectivity index (χ3v) is 3.75. The molecule has 1 aliphatic rings. The highest BCUT2D eigenvalue weighted by molar-refractivity contribution is 5.68. The zero-order chi connectivity index (χ0) is 16.2. The molecule has 1 amide bonds. The van der Waals surface area contributed by atoms with Gasteiger partial charge in [-0.25, -0.2) is 4.79 Å². The van der Waals surface area contributed by atoms with Gasteiger partial charge in [0.2, 0.25) is 0 Å². The van der Waals surface area contributed by atoms with Crippen molar-refractivity contribution < 1.29 is 19.4 Å². The molecule has 6 heteroatoms. The van der Waals surface area contributed by atoms with Crippen LogP contribution in [-0.4, -0.2) is 64.8 Å². The molecule has 1 fully saturated rings. The predicted octanol–water partition coefficient (Wildman–Crippen LogP) is 2.18. The molecule has 2 unspecified atom stereocenters. The van der Waals surface area contributed by atoms with Gasteiger partial charge in [-0.15, -0.1) is 0 Å². The molecule has 122 valence electrons. The van der Waals surface area contributed by atoms with Crippen LogP contribution in [0.2, 0.25) is 0 Å². The van der Waals surface area contributed by atoms with Gasteiger partial charge in [-0.05, 0) is 47.1 Å². The Kier molecular flexibility index (Phi) is 6.01. The lowest BCUT2D eigenvalue weighted by Gasteiger charge is -2.40. The maximum absolute atomic E-state index is 12.1. The quantitative estimate of drug-likeness (QED) is 0.861. The molecule has 0 aromatic heterocycles. The van der Waals surface area contributed by atoms with Crippen LogP contribution in [0.25, 0.3) is 0 Å². The molecule has 0 aromatic rings. The fourth-order valence-electron chi connectivity index (χ4n) is 2.56. The van der Waals surface area contributed by atoms with E-state index in [4.69, 9.17) is 9.84 Å². The SMILES string of the molecule is CC(CC(=O)O)N1CCCC(N(C)C(=O)OC(C)(C)C)C1. The van der Waals surface area contributed by atoms with Crippen LogP contribution in [0.1, 0.15) is 47.0 Å². The molecule has 6 nitrogen and oxygen atoms in total. The number of carbonyl (C=O) groups excluding carboxylic acids is 1. The third kappa shape index (κ3) is 5.91. The molecular formula is C15H28N2O4. The number of hydrogen-bond acceptors (Lipinski definition) is 4. The van der Waals surface area contributed by atoms with E-state index in [9.17, 15) is 9.59 Å². The molecule has 0 bridgehead atoms. The second kappa shape index (κ2) is 7.11. The number of likely N-dealkylation sites (N-methyl/N-ethyl adjacent to an activating group) is 1. The molecule has 0 spiro atoms. The van der Waals surface area contributed by atoms with Crippen molar-refractivity contribution in [3.05, 3.63) is 0 Å². The van der Waals surface area contributed by atoms with Gasteiger partial charge < -0.3 is 14.7 Å². The van der Waals surface area contributed by atoms with E-state index in [2.05, 4.69) is 4.90 Å². The van der Waals surface area contributed by atoms with Crippen LogP contribution in [0.5, 0.6) is 0 Å². The first-order valence-corrected chi connectivity index (χ1v) is 7.52. The van der Waals surface area contributed by atoms with Gasteiger partial charge in [0.1, 0.15) is 5.60 Å². The highest BCUT2D eigenvalue weighted by atomic mass is 16.6. The largest absolute Gasteiger partial charge is 0.481 e. The Balaban J connectivity index is 2.59. The summed E-state index contributed by atoms with van der Waals surface area (Å²) >= 11 is 0. The molecule has 0 saturated carbocycles. The number of aliphatic carboxylic acids is 1. The Bertz CT molecular complexity index is 378. The maximum Gasteiger partial charge on any atom is 0.410 e. The van der Waals surface area contributed by atoms with Crippen LogP contribution in [0.3, 0.4) is 0 Å². The summed E-state index contributed by atoms with van der Waals surface area (Å²) in [7, 11) is 1.75. The fourth-order valence-corrected chi connectivity index (χ4v) is 2.56. The second-order valence-electron chi connectivity index (χ2n) is 6.83. The number of carboxylic acids is 1. The van der Waals surface area contributed by atoms with Crippen molar-refractivity contribution >= 4 is 12.1 Å². The van der Waals surface area contributed by atoms with E-state index in [0.717, 1.165) is 19.4 Å². The Labute approximate surface area is 127 Å². The number of hydrogen-bond donors (Lipinski definition) is 1. The first kappa shape index (κ1) is 17.8. The summed E-state index contributed by atoms with van der Waals surface area (Å²) in [4.78, 5) is 26.7. The van der Waals surface area contributed by atoms with Crippen LogP contribution < -0.4 is 0 Å². The first-order valence-electron chi connectivity index (χ1n) is 7.52. The van der Waals surface area contributed by atoms with Gasteiger partial charge >= 0.3 is 12.1 Å². The number of piperidine rings is 1. The van der Waals surface area contributed by atoms with Crippen molar-refractivity contribution in [1.29, 1.82) is 0 Å². The van der Waals surface area contributed by atoms with Crippen molar-refractivity contribution in [1.82, 2.24) is 9.80 Å². The maximum atomic E-state index is 12.1. The minimum atomic E-state index is -0.787. The van der Waals surface area contributed by atoms with E-state index in [1.54, 1.807) is 11.9 Å². The van der Waals surface area contributed by atoms with Crippen LogP contribution >= 0.6 is 0 Å². The van der Waals surface area contributed by atoms with Crippen molar-refractivity contribution in [3.8, 4) is 0 Å². The van der Waals surface area contributed by atoms with Gasteiger partial charge in [0, 0.05) is 25.7 Å².